The molecule has 4 rings (SSSR count). The zero-order valence-electron chi connectivity index (χ0n) is 16.9. The maximum atomic E-state index is 13.4. The first-order valence-electron chi connectivity index (χ1n) is 9.55. The second kappa shape index (κ2) is 9.56. The molecule has 0 spiro atoms. The number of anilines is 1. The summed E-state index contributed by atoms with van der Waals surface area (Å²) in [5.74, 6) is -0.593. The van der Waals surface area contributed by atoms with Crippen molar-refractivity contribution < 1.29 is 14.3 Å². The number of carbonyl (C=O) groups excluding carboxylic acids is 2. The predicted molar refractivity (Wildman–Crippen MR) is 131 cm³/mol. The molecule has 1 heterocycles. The zero-order chi connectivity index (χ0) is 22.7. The lowest BCUT2D eigenvalue weighted by atomic mass is 10.1. The van der Waals surface area contributed by atoms with Crippen molar-refractivity contribution in [2.24, 2.45) is 0 Å². The number of carbonyl (C=O) groups is 2. The van der Waals surface area contributed by atoms with E-state index in [9.17, 15) is 9.59 Å². The number of hydrogen-bond donors (Lipinski definition) is 1. The summed E-state index contributed by atoms with van der Waals surface area (Å²) in [6.45, 7) is 0. The third kappa shape index (κ3) is 4.55. The largest absolute Gasteiger partial charge is 0.495 e. The van der Waals surface area contributed by atoms with Crippen molar-refractivity contribution in [3.63, 3.8) is 0 Å². The number of nitrogens with zero attached hydrogens (tertiary/aromatic N) is 1. The van der Waals surface area contributed by atoms with Crippen LogP contribution in [-0.4, -0.2) is 24.0 Å². The van der Waals surface area contributed by atoms with Gasteiger partial charge in [-0.05, 0) is 66.3 Å². The molecule has 0 radical (unpaired) electrons. The Morgan fingerprint density at radius 3 is 2.44 bits per heavy atom. The molecule has 1 aliphatic heterocycles. The number of ether oxygens (including phenoxy) is 1. The quantitative estimate of drug-likeness (QED) is 0.304. The smallest absolute Gasteiger partial charge is 0.270 e. The maximum absolute atomic E-state index is 13.4. The average Bonchev–Trinajstić information content (AvgIpc) is 2.79. The minimum atomic E-state index is -0.544. The Hall–Kier alpha value is -3.13. The molecule has 1 saturated heterocycles. The summed E-state index contributed by atoms with van der Waals surface area (Å²) >= 11 is 12.8. The van der Waals surface area contributed by atoms with E-state index in [0.717, 1.165) is 15.4 Å². The lowest BCUT2D eigenvalue weighted by molar-refractivity contribution is -0.122. The van der Waals surface area contributed by atoms with E-state index in [-0.39, 0.29) is 10.7 Å². The van der Waals surface area contributed by atoms with Crippen LogP contribution in [0.15, 0.2) is 88.2 Å². The first kappa shape index (κ1) is 22.1. The van der Waals surface area contributed by atoms with Gasteiger partial charge in [0, 0.05) is 14.8 Å². The van der Waals surface area contributed by atoms with Crippen LogP contribution in [0.3, 0.4) is 0 Å². The Kier molecular flexibility index (Phi) is 6.60. The number of para-hydroxylation sites is 2. The number of benzene rings is 3. The summed E-state index contributed by atoms with van der Waals surface area (Å²) in [7, 11) is 1.51. The highest BCUT2D eigenvalue weighted by Gasteiger charge is 2.35. The molecule has 1 N–H and O–H groups in total. The molecule has 3 aromatic carbocycles. The molecule has 0 aliphatic carbocycles. The van der Waals surface area contributed by atoms with Crippen molar-refractivity contribution >= 4 is 64.3 Å². The van der Waals surface area contributed by atoms with Gasteiger partial charge in [0.25, 0.3) is 11.8 Å². The van der Waals surface area contributed by atoms with Crippen LogP contribution in [0.5, 0.6) is 5.75 Å². The number of halogens is 1. The summed E-state index contributed by atoms with van der Waals surface area (Å²) in [6.07, 6.45) is 1.58. The molecule has 0 bridgehead atoms. The fraction of sp³-hybridized carbons (Fsp3) is 0.0417. The SMILES string of the molecule is COc1ccccc1N1C(=O)/C(=C\c2ccccc2Sc2ccc(Cl)cc2)C(=O)NC1=S. The summed E-state index contributed by atoms with van der Waals surface area (Å²) in [4.78, 5) is 29.2. The fourth-order valence-corrected chi connectivity index (χ4v) is 4.49. The summed E-state index contributed by atoms with van der Waals surface area (Å²) in [5, 5.41) is 3.27. The van der Waals surface area contributed by atoms with Crippen LogP contribution in [-0.2, 0) is 9.59 Å². The molecule has 0 atom stereocenters. The van der Waals surface area contributed by atoms with Crippen LogP contribution >= 0.6 is 35.6 Å². The van der Waals surface area contributed by atoms with E-state index in [2.05, 4.69) is 5.32 Å². The molecule has 3 aromatic rings. The number of nitrogens with one attached hydrogen (secondary N) is 1. The molecule has 8 heteroatoms. The van der Waals surface area contributed by atoms with Gasteiger partial charge in [-0.2, -0.15) is 0 Å². The first-order valence-corrected chi connectivity index (χ1v) is 11.1. The lowest BCUT2D eigenvalue weighted by Crippen LogP contribution is -2.54. The van der Waals surface area contributed by atoms with Gasteiger partial charge in [0.2, 0.25) is 0 Å². The van der Waals surface area contributed by atoms with Gasteiger partial charge in [-0.3, -0.25) is 14.9 Å². The van der Waals surface area contributed by atoms with Crippen molar-refractivity contribution in [2.45, 2.75) is 9.79 Å². The van der Waals surface area contributed by atoms with Crippen molar-refractivity contribution in [3.05, 3.63) is 89.0 Å². The van der Waals surface area contributed by atoms with Crippen molar-refractivity contribution in [1.29, 1.82) is 0 Å². The molecule has 0 unspecified atom stereocenters. The van der Waals surface area contributed by atoms with Crippen molar-refractivity contribution in [3.8, 4) is 5.75 Å². The highest BCUT2D eigenvalue weighted by molar-refractivity contribution is 7.99. The Balaban J connectivity index is 1.72. The van der Waals surface area contributed by atoms with E-state index in [1.165, 1.54) is 23.8 Å². The van der Waals surface area contributed by atoms with Gasteiger partial charge in [-0.25, -0.2) is 4.90 Å². The second-order valence-electron chi connectivity index (χ2n) is 6.72. The number of rotatable bonds is 5. The van der Waals surface area contributed by atoms with Gasteiger partial charge >= 0.3 is 0 Å². The number of hydrogen-bond acceptors (Lipinski definition) is 5. The predicted octanol–water partition coefficient (Wildman–Crippen LogP) is 5.33. The maximum Gasteiger partial charge on any atom is 0.270 e. The zero-order valence-corrected chi connectivity index (χ0v) is 19.3. The van der Waals surface area contributed by atoms with Crippen LogP contribution in [0, 0.1) is 0 Å². The van der Waals surface area contributed by atoms with Gasteiger partial charge in [0.15, 0.2) is 5.11 Å². The molecule has 2 amide bonds. The Morgan fingerprint density at radius 1 is 1.00 bits per heavy atom. The minimum absolute atomic E-state index is 0.00507. The minimum Gasteiger partial charge on any atom is -0.495 e. The molecule has 32 heavy (non-hydrogen) atoms. The number of methoxy groups -OCH3 is 1. The highest BCUT2D eigenvalue weighted by atomic mass is 35.5. The lowest BCUT2D eigenvalue weighted by Gasteiger charge is -2.29. The van der Waals surface area contributed by atoms with Crippen LogP contribution in [0.25, 0.3) is 6.08 Å². The van der Waals surface area contributed by atoms with Gasteiger partial charge in [-0.1, -0.05) is 53.7 Å². The number of amides is 2. The molecular formula is C24H17ClN2O3S2. The van der Waals surface area contributed by atoms with Gasteiger partial charge in [0.05, 0.1) is 12.8 Å². The monoisotopic (exact) mass is 480 g/mol. The van der Waals surface area contributed by atoms with Crippen LogP contribution in [0.2, 0.25) is 5.02 Å². The Bertz CT molecular complexity index is 1240. The molecule has 1 fully saturated rings. The molecule has 160 valence electrons. The van der Waals surface area contributed by atoms with E-state index in [1.54, 1.807) is 30.3 Å². The number of thiocarbonyl (C=S) groups is 1. The second-order valence-corrected chi connectivity index (χ2v) is 8.66. The third-order valence-electron chi connectivity index (χ3n) is 4.69. The van der Waals surface area contributed by atoms with Gasteiger partial charge in [0.1, 0.15) is 11.3 Å². The van der Waals surface area contributed by atoms with Crippen LogP contribution in [0.4, 0.5) is 5.69 Å². The third-order valence-corrected chi connectivity index (χ3v) is 6.32. The average molecular weight is 481 g/mol. The molecule has 1 aliphatic rings. The molecule has 5 nitrogen and oxygen atoms in total. The fourth-order valence-electron chi connectivity index (χ4n) is 3.17. The van der Waals surface area contributed by atoms with Gasteiger partial charge < -0.3 is 4.74 Å². The van der Waals surface area contributed by atoms with E-state index in [0.29, 0.717) is 16.5 Å². The molecule has 0 aromatic heterocycles. The standard InChI is InChI=1S/C24H17ClN2O3S2/c1-30-20-8-4-3-7-19(20)27-23(29)18(22(28)26-24(27)31)14-15-6-2-5-9-21(15)32-17-12-10-16(25)11-13-17/h2-14H,1H3,(H,26,28,31)/b18-14-. The van der Waals surface area contributed by atoms with E-state index in [4.69, 9.17) is 28.6 Å². The van der Waals surface area contributed by atoms with Crippen LogP contribution < -0.4 is 15.0 Å². The molecule has 0 saturated carbocycles. The normalized spacial score (nSPS) is 15.1. The Labute approximate surface area is 200 Å². The Morgan fingerprint density at radius 2 is 1.69 bits per heavy atom. The van der Waals surface area contributed by atoms with Crippen molar-refractivity contribution in [1.82, 2.24) is 5.32 Å². The van der Waals surface area contributed by atoms with E-state index in [1.807, 2.05) is 48.5 Å². The van der Waals surface area contributed by atoms with Gasteiger partial charge in [-0.15, -0.1) is 0 Å². The first-order chi connectivity index (χ1) is 15.5. The van der Waals surface area contributed by atoms with Crippen molar-refractivity contribution in [2.75, 3.05) is 12.0 Å². The molecular weight excluding hydrogens is 464 g/mol. The highest BCUT2D eigenvalue weighted by Crippen LogP contribution is 2.34. The summed E-state index contributed by atoms with van der Waals surface area (Å²) < 4.78 is 5.37. The summed E-state index contributed by atoms with van der Waals surface area (Å²) in [5.41, 5.74) is 1.17. The van der Waals surface area contributed by atoms with E-state index < -0.39 is 11.8 Å². The summed E-state index contributed by atoms with van der Waals surface area (Å²) in [6, 6.07) is 22.0. The van der Waals surface area contributed by atoms with E-state index >= 15 is 0 Å². The van der Waals surface area contributed by atoms with Crippen LogP contribution in [0.1, 0.15) is 5.56 Å². The topological polar surface area (TPSA) is 58.6 Å².